The molecule has 0 unspecified atom stereocenters. The Morgan fingerprint density at radius 3 is 2.52 bits per heavy atom. The topological polar surface area (TPSA) is 34.0 Å². The first kappa shape index (κ1) is 15.2. The van der Waals surface area contributed by atoms with Crippen molar-refractivity contribution >= 4 is 11.8 Å². The van der Waals surface area contributed by atoms with Crippen molar-refractivity contribution in [3.05, 3.63) is 36.2 Å². The van der Waals surface area contributed by atoms with Crippen LogP contribution in [0.4, 0.5) is 0 Å². The lowest BCUT2D eigenvalue weighted by atomic mass is 10.1. The fourth-order valence-electron chi connectivity index (χ4n) is 3.25. The lowest BCUT2D eigenvalue weighted by Gasteiger charge is -2.25. The summed E-state index contributed by atoms with van der Waals surface area (Å²) >= 11 is 1.85. The van der Waals surface area contributed by atoms with E-state index in [9.17, 15) is 0 Å². The van der Waals surface area contributed by atoms with Crippen LogP contribution >= 0.6 is 11.8 Å². The molecule has 4 rings (SSSR count). The average Bonchev–Trinajstić information content (AvgIpc) is 3.37. The highest BCUT2D eigenvalue weighted by molar-refractivity contribution is 7.99. The van der Waals surface area contributed by atoms with E-state index in [2.05, 4.69) is 50.0 Å². The maximum atomic E-state index is 4.50. The van der Waals surface area contributed by atoms with Crippen molar-refractivity contribution < 1.29 is 0 Å². The first-order chi connectivity index (χ1) is 11.4. The van der Waals surface area contributed by atoms with Gasteiger partial charge in [-0.1, -0.05) is 36.4 Å². The molecule has 122 valence electrons. The van der Waals surface area contributed by atoms with E-state index >= 15 is 0 Å². The quantitative estimate of drug-likeness (QED) is 0.757. The van der Waals surface area contributed by atoms with Crippen LogP contribution in [0.2, 0.25) is 0 Å². The van der Waals surface area contributed by atoms with E-state index in [1.807, 2.05) is 11.8 Å². The van der Waals surface area contributed by atoms with Crippen molar-refractivity contribution in [2.24, 2.45) is 0 Å². The summed E-state index contributed by atoms with van der Waals surface area (Å²) in [5, 5.41) is 10.0. The molecule has 0 atom stereocenters. The van der Waals surface area contributed by atoms with E-state index in [-0.39, 0.29) is 0 Å². The number of aromatic nitrogens is 3. The molecule has 5 heteroatoms. The Kier molecular flexibility index (Phi) is 4.67. The monoisotopic (exact) mass is 328 g/mol. The zero-order chi connectivity index (χ0) is 15.5. The fraction of sp³-hybridized carbons (Fsp3) is 0.556. The summed E-state index contributed by atoms with van der Waals surface area (Å²) in [6.07, 6.45) is 6.62. The van der Waals surface area contributed by atoms with Crippen LogP contribution in [0, 0.1) is 0 Å². The number of nitrogens with zero attached hydrogens (tertiary/aromatic N) is 4. The van der Waals surface area contributed by atoms with Gasteiger partial charge in [-0.05, 0) is 50.9 Å². The highest BCUT2D eigenvalue weighted by Gasteiger charge is 2.31. The van der Waals surface area contributed by atoms with Gasteiger partial charge in [0.05, 0.1) is 0 Å². The van der Waals surface area contributed by atoms with Crippen molar-refractivity contribution in [2.75, 3.05) is 25.4 Å². The molecule has 1 aromatic carbocycles. The molecule has 2 heterocycles. The van der Waals surface area contributed by atoms with Gasteiger partial charge in [-0.2, -0.15) is 0 Å². The Balaban J connectivity index is 1.47. The molecule has 1 saturated carbocycles. The van der Waals surface area contributed by atoms with Crippen LogP contribution in [-0.4, -0.2) is 45.1 Å². The zero-order valence-corrected chi connectivity index (χ0v) is 14.3. The first-order valence-corrected chi connectivity index (χ1v) is 9.76. The Morgan fingerprint density at radius 1 is 1.00 bits per heavy atom. The van der Waals surface area contributed by atoms with E-state index in [0.717, 1.165) is 23.3 Å². The molecule has 2 fully saturated rings. The second kappa shape index (κ2) is 7.05. The van der Waals surface area contributed by atoms with Gasteiger partial charge < -0.3 is 4.90 Å². The third-order valence-electron chi connectivity index (χ3n) is 4.70. The SMILES string of the molecule is c1ccc(-n2c(SCCN3CCCCC3)nnc2C2CC2)cc1. The Morgan fingerprint density at radius 2 is 1.78 bits per heavy atom. The normalized spacial score (nSPS) is 19.1. The number of hydrogen-bond donors (Lipinski definition) is 0. The van der Waals surface area contributed by atoms with Crippen LogP contribution in [-0.2, 0) is 0 Å². The van der Waals surface area contributed by atoms with E-state index in [1.165, 1.54) is 50.9 Å². The van der Waals surface area contributed by atoms with Crippen LogP contribution in [0.1, 0.15) is 43.8 Å². The molecule has 1 saturated heterocycles. The number of hydrogen-bond acceptors (Lipinski definition) is 4. The number of likely N-dealkylation sites (tertiary alicyclic amines) is 1. The van der Waals surface area contributed by atoms with Crippen LogP contribution in [0.25, 0.3) is 5.69 Å². The third-order valence-corrected chi connectivity index (χ3v) is 5.61. The van der Waals surface area contributed by atoms with Crippen LogP contribution in [0.15, 0.2) is 35.5 Å². The molecule has 2 aromatic rings. The lowest BCUT2D eigenvalue weighted by molar-refractivity contribution is 0.242. The first-order valence-electron chi connectivity index (χ1n) is 8.78. The largest absolute Gasteiger partial charge is 0.303 e. The summed E-state index contributed by atoms with van der Waals surface area (Å²) in [5.41, 5.74) is 1.19. The van der Waals surface area contributed by atoms with Gasteiger partial charge in [0.15, 0.2) is 5.16 Å². The second-order valence-corrected chi connectivity index (χ2v) is 7.60. The highest BCUT2D eigenvalue weighted by atomic mass is 32.2. The Bertz CT molecular complexity index is 630. The number of thioether (sulfide) groups is 1. The lowest BCUT2D eigenvalue weighted by Crippen LogP contribution is -2.31. The van der Waals surface area contributed by atoms with Crippen LogP contribution in [0.5, 0.6) is 0 Å². The Labute approximate surface area is 142 Å². The molecule has 0 radical (unpaired) electrons. The summed E-state index contributed by atoms with van der Waals surface area (Å²) < 4.78 is 2.28. The van der Waals surface area contributed by atoms with E-state index in [1.54, 1.807) is 0 Å². The molecule has 0 bridgehead atoms. The van der Waals surface area contributed by atoms with Crippen molar-refractivity contribution in [3.8, 4) is 5.69 Å². The van der Waals surface area contributed by atoms with Gasteiger partial charge in [0.25, 0.3) is 0 Å². The van der Waals surface area contributed by atoms with Gasteiger partial charge >= 0.3 is 0 Å². The molecule has 1 aliphatic heterocycles. The van der Waals surface area contributed by atoms with E-state index < -0.39 is 0 Å². The molecular formula is C18H24N4S. The summed E-state index contributed by atoms with van der Waals surface area (Å²) in [6.45, 7) is 3.68. The maximum absolute atomic E-state index is 4.50. The van der Waals surface area contributed by atoms with Gasteiger partial charge in [0, 0.05) is 23.9 Å². The van der Waals surface area contributed by atoms with Gasteiger partial charge in [0.1, 0.15) is 5.82 Å². The average molecular weight is 328 g/mol. The standard InChI is InChI=1S/C18H24N4S/c1-3-7-16(8-4-1)22-17(15-9-10-15)19-20-18(22)23-14-13-21-11-5-2-6-12-21/h1,3-4,7-8,15H,2,5-6,9-14H2. The van der Waals surface area contributed by atoms with Crippen molar-refractivity contribution in [1.82, 2.24) is 19.7 Å². The second-order valence-electron chi connectivity index (χ2n) is 6.54. The molecule has 1 aromatic heterocycles. The molecule has 0 N–H and O–H groups in total. The van der Waals surface area contributed by atoms with Crippen molar-refractivity contribution in [2.45, 2.75) is 43.2 Å². The minimum absolute atomic E-state index is 0.610. The van der Waals surface area contributed by atoms with E-state index in [0.29, 0.717) is 5.92 Å². The molecule has 2 aliphatic rings. The summed E-state index contributed by atoms with van der Waals surface area (Å²) in [4.78, 5) is 2.58. The predicted molar refractivity (Wildman–Crippen MR) is 94.3 cm³/mol. The molecule has 1 aliphatic carbocycles. The van der Waals surface area contributed by atoms with Gasteiger partial charge in [-0.15, -0.1) is 10.2 Å². The fourth-order valence-corrected chi connectivity index (χ4v) is 4.21. The Hall–Kier alpha value is -1.33. The highest BCUT2D eigenvalue weighted by Crippen LogP contribution is 2.41. The van der Waals surface area contributed by atoms with E-state index in [4.69, 9.17) is 0 Å². The molecular weight excluding hydrogens is 304 g/mol. The molecule has 23 heavy (non-hydrogen) atoms. The minimum atomic E-state index is 0.610. The van der Waals surface area contributed by atoms with Gasteiger partial charge in [-0.3, -0.25) is 4.57 Å². The van der Waals surface area contributed by atoms with Crippen molar-refractivity contribution in [1.29, 1.82) is 0 Å². The molecule has 0 spiro atoms. The number of para-hydroxylation sites is 1. The molecule has 4 nitrogen and oxygen atoms in total. The summed E-state index contributed by atoms with van der Waals surface area (Å²) in [5.74, 6) is 2.85. The maximum Gasteiger partial charge on any atom is 0.195 e. The minimum Gasteiger partial charge on any atom is -0.303 e. The molecule has 0 amide bonds. The summed E-state index contributed by atoms with van der Waals surface area (Å²) in [6, 6.07) is 10.6. The third kappa shape index (κ3) is 3.61. The smallest absolute Gasteiger partial charge is 0.195 e. The number of rotatable bonds is 6. The van der Waals surface area contributed by atoms with Crippen LogP contribution in [0.3, 0.4) is 0 Å². The van der Waals surface area contributed by atoms with Crippen molar-refractivity contribution in [3.63, 3.8) is 0 Å². The predicted octanol–water partition coefficient (Wildman–Crippen LogP) is 3.72. The summed E-state index contributed by atoms with van der Waals surface area (Å²) in [7, 11) is 0. The van der Waals surface area contributed by atoms with Gasteiger partial charge in [0.2, 0.25) is 0 Å². The van der Waals surface area contributed by atoms with Crippen LogP contribution < -0.4 is 0 Å². The number of benzene rings is 1. The number of piperidine rings is 1. The van der Waals surface area contributed by atoms with Gasteiger partial charge in [-0.25, -0.2) is 0 Å². The zero-order valence-electron chi connectivity index (χ0n) is 13.5.